The molecule has 1 atom stereocenters. The smallest absolute Gasteiger partial charge is 0.403 e. The van der Waals surface area contributed by atoms with Crippen molar-refractivity contribution in [1.82, 2.24) is 0 Å². The van der Waals surface area contributed by atoms with Crippen LogP contribution in [-0.4, -0.2) is 37.0 Å². The van der Waals surface area contributed by atoms with Gasteiger partial charge in [0.1, 0.15) is 6.61 Å². The van der Waals surface area contributed by atoms with Crippen molar-refractivity contribution in [3.8, 4) is 0 Å². The molecular weight excluding hydrogens is 241 g/mol. The Morgan fingerprint density at radius 2 is 2.00 bits per heavy atom. The summed E-state index contributed by atoms with van der Waals surface area (Å²) in [6, 6.07) is 0. The van der Waals surface area contributed by atoms with Crippen LogP contribution in [0.2, 0.25) is 0 Å². The van der Waals surface area contributed by atoms with Crippen molar-refractivity contribution in [2.24, 2.45) is 0 Å². The van der Waals surface area contributed by atoms with E-state index >= 15 is 0 Å². The predicted molar refractivity (Wildman–Crippen MR) is 42.6 cm³/mol. The number of esters is 1. The van der Waals surface area contributed by atoms with Crippen LogP contribution < -0.4 is 0 Å². The summed E-state index contributed by atoms with van der Waals surface area (Å²) in [4.78, 5) is 10.4. The fraction of sp³-hybridized carbons (Fsp3) is 0.833. The third kappa shape index (κ3) is 3.67. The summed E-state index contributed by atoms with van der Waals surface area (Å²) in [5.41, 5.74) is 0. The van der Waals surface area contributed by atoms with Gasteiger partial charge in [-0.25, -0.2) is 4.39 Å². The lowest BCUT2D eigenvalue weighted by molar-refractivity contribution is -0.148. The van der Waals surface area contributed by atoms with Crippen LogP contribution in [0, 0.1) is 0 Å². The normalized spacial score (nSPS) is 14.7. The molecule has 0 aromatic carbocycles. The number of hydrogen-bond donors (Lipinski definition) is 1. The van der Waals surface area contributed by atoms with Crippen LogP contribution in [0.25, 0.3) is 0 Å². The first-order valence-electron chi connectivity index (χ1n) is 3.77. The molecule has 0 spiro atoms. The van der Waals surface area contributed by atoms with Crippen LogP contribution in [0.4, 0.5) is 13.2 Å². The molecule has 90 valence electrons. The number of hydrogen-bond acceptors (Lipinski definition) is 4. The second-order valence-electron chi connectivity index (χ2n) is 2.54. The maximum Gasteiger partial charge on any atom is 0.403 e. The Morgan fingerprint density at radius 1 is 1.53 bits per heavy atom. The lowest BCUT2D eigenvalue weighted by atomic mass is 10.4. The minimum absolute atomic E-state index is 0.163. The second kappa shape index (κ2) is 4.79. The Labute approximate surface area is 84.0 Å². The molecule has 1 N–H and O–H groups in total. The van der Waals surface area contributed by atoms with Crippen LogP contribution in [0.5, 0.6) is 0 Å². The fourth-order valence-electron chi connectivity index (χ4n) is 0.527. The van der Waals surface area contributed by atoms with Crippen molar-refractivity contribution in [3.05, 3.63) is 0 Å². The van der Waals surface area contributed by atoms with Gasteiger partial charge in [0, 0.05) is 6.42 Å². The molecule has 0 aliphatic rings. The molecule has 9 heteroatoms. The van der Waals surface area contributed by atoms with E-state index in [-0.39, 0.29) is 6.42 Å². The zero-order chi connectivity index (χ0) is 12.3. The van der Waals surface area contributed by atoms with E-state index in [1.165, 1.54) is 6.92 Å². The Balaban J connectivity index is 4.46. The van der Waals surface area contributed by atoms with Gasteiger partial charge in [-0.15, -0.1) is 0 Å². The third-order valence-electron chi connectivity index (χ3n) is 1.39. The quantitative estimate of drug-likeness (QED) is 0.575. The van der Waals surface area contributed by atoms with Gasteiger partial charge in [-0.1, -0.05) is 6.92 Å². The first-order valence-corrected chi connectivity index (χ1v) is 5.21. The van der Waals surface area contributed by atoms with Crippen molar-refractivity contribution in [1.29, 1.82) is 0 Å². The largest absolute Gasteiger partial charge is 0.462 e. The highest BCUT2D eigenvalue weighted by atomic mass is 32.2. The fourth-order valence-corrected chi connectivity index (χ4v) is 0.918. The van der Waals surface area contributed by atoms with Gasteiger partial charge in [0.2, 0.25) is 6.17 Å². The molecule has 15 heavy (non-hydrogen) atoms. The SMILES string of the molecule is CCC(=O)OCC(F)C(F)(F)S(=O)(=O)O. The predicted octanol–water partition coefficient (Wildman–Crippen LogP) is 0.758. The summed E-state index contributed by atoms with van der Waals surface area (Å²) in [7, 11) is -5.86. The Kier molecular flexibility index (Phi) is 4.53. The van der Waals surface area contributed by atoms with E-state index in [0.29, 0.717) is 0 Å². The van der Waals surface area contributed by atoms with E-state index in [2.05, 4.69) is 4.74 Å². The van der Waals surface area contributed by atoms with Gasteiger partial charge in [-0.3, -0.25) is 9.35 Å². The number of alkyl halides is 3. The van der Waals surface area contributed by atoms with E-state index in [9.17, 15) is 26.4 Å². The highest BCUT2D eigenvalue weighted by molar-refractivity contribution is 7.86. The number of halogens is 3. The van der Waals surface area contributed by atoms with Gasteiger partial charge < -0.3 is 4.74 Å². The molecule has 0 heterocycles. The van der Waals surface area contributed by atoms with E-state index in [4.69, 9.17) is 4.55 Å². The molecule has 0 bridgehead atoms. The summed E-state index contributed by atoms with van der Waals surface area (Å²) < 4.78 is 69.6. The molecule has 0 aromatic heterocycles. The number of carbonyl (C=O) groups is 1. The van der Waals surface area contributed by atoms with E-state index < -0.39 is 34.1 Å². The molecule has 0 aliphatic carbocycles. The van der Waals surface area contributed by atoms with Crippen molar-refractivity contribution < 1.29 is 35.7 Å². The first-order chi connectivity index (χ1) is 6.63. The van der Waals surface area contributed by atoms with Gasteiger partial charge in [0.05, 0.1) is 0 Å². The minimum atomic E-state index is -5.86. The lowest BCUT2D eigenvalue weighted by Crippen LogP contribution is -2.41. The minimum Gasteiger partial charge on any atom is -0.462 e. The summed E-state index contributed by atoms with van der Waals surface area (Å²) >= 11 is 0. The van der Waals surface area contributed by atoms with Crippen molar-refractivity contribution in [2.45, 2.75) is 24.8 Å². The topological polar surface area (TPSA) is 80.7 Å². The number of rotatable bonds is 5. The van der Waals surface area contributed by atoms with E-state index in [1.54, 1.807) is 0 Å². The molecule has 0 saturated heterocycles. The monoisotopic (exact) mass is 250 g/mol. The number of ether oxygens (including phenoxy) is 1. The summed E-state index contributed by atoms with van der Waals surface area (Å²) in [5, 5.41) is -4.99. The van der Waals surface area contributed by atoms with Crippen LogP contribution in [-0.2, 0) is 19.6 Å². The molecule has 5 nitrogen and oxygen atoms in total. The molecule has 1 unspecified atom stereocenters. The molecule has 0 radical (unpaired) electrons. The Hall–Kier alpha value is -0.830. The molecule has 0 rings (SSSR count). The van der Waals surface area contributed by atoms with Gasteiger partial charge in [-0.2, -0.15) is 17.2 Å². The molecule has 0 aromatic rings. The highest BCUT2D eigenvalue weighted by Crippen LogP contribution is 2.27. The maximum atomic E-state index is 12.6. The molecule has 0 aliphatic heterocycles. The lowest BCUT2D eigenvalue weighted by Gasteiger charge is -2.17. The summed E-state index contributed by atoms with van der Waals surface area (Å²) in [6.45, 7) is -0.0873. The van der Waals surface area contributed by atoms with Gasteiger partial charge >= 0.3 is 21.3 Å². The van der Waals surface area contributed by atoms with Crippen molar-refractivity contribution in [3.63, 3.8) is 0 Å². The zero-order valence-electron chi connectivity index (χ0n) is 7.61. The molecule has 0 saturated carbocycles. The average Bonchev–Trinajstić information content (AvgIpc) is 2.11. The van der Waals surface area contributed by atoms with Gasteiger partial charge in [-0.05, 0) is 0 Å². The molecule has 0 fully saturated rings. The van der Waals surface area contributed by atoms with Crippen LogP contribution in [0.3, 0.4) is 0 Å². The maximum absolute atomic E-state index is 12.6. The van der Waals surface area contributed by atoms with Gasteiger partial charge in [0.25, 0.3) is 0 Å². The summed E-state index contributed by atoms with van der Waals surface area (Å²) in [5.74, 6) is -0.955. The summed E-state index contributed by atoms with van der Waals surface area (Å²) in [6.07, 6.45) is -3.47. The van der Waals surface area contributed by atoms with Crippen molar-refractivity contribution in [2.75, 3.05) is 6.61 Å². The van der Waals surface area contributed by atoms with Crippen LogP contribution >= 0.6 is 0 Å². The highest BCUT2D eigenvalue weighted by Gasteiger charge is 2.53. The van der Waals surface area contributed by atoms with Crippen LogP contribution in [0.1, 0.15) is 13.3 Å². The second-order valence-corrected chi connectivity index (χ2v) is 4.04. The Morgan fingerprint density at radius 3 is 2.33 bits per heavy atom. The van der Waals surface area contributed by atoms with Crippen molar-refractivity contribution >= 4 is 16.1 Å². The van der Waals surface area contributed by atoms with E-state index in [0.717, 1.165) is 0 Å². The van der Waals surface area contributed by atoms with Crippen LogP contribution in [0.15, 0.2) is 0 Å². The first kappa shape index (κ1) is 14.2. The standard InChI is InChI=1S/C6H9F3O5S/c1-2-5(10)14-3-4(7)6(8,9)15(11,12)13/h4H,2-3H2,1H3,(H,11,12,13). The Bertz CT molecular complexity index is 326. The van der Waals surface area contributed by atoms with E-state index in [1.807, 2.05) is 0 Å². The van der Waals surface area contributed by atoms with Gasteiger partial charge in [0.15, 0.2) is 0 Å². The average molecular weight is 250 g/mol. The zero-order valence-corrected chi connectivity index (χ0v) is 8.43. The third-order valence-corrected chi connectivity index (χ3v) is 2.33. The number of carbonyl (C=O) groups excluding carboxylic acids is 1. The molecule has 0 amide bonds. The molecular formula is C6H9F3O5S.